The summed E-state index contributed by atoms with van der Waals surface area (Å²) in [4.78, 5) is 11.5. The molecule has 0 amide bonds. The van der Waals surface area contributed by atoms with E-state index in [9.17, 15) is 18.0 Å². The summed E-state index contributed by atoms with van der Waals surface area (Å²) in [6.45, 7) is -0.493. The van der Waals surface area contributed by atoms with Gasteiger partial charge in [0, 0.05) is 10.6 Å². The third kappa shape index (κ3) is 7.58. The Hall–Kier alpha value is -2.90. The van der Waals surface area contributed by atoms with Gasteiger partial charge >= 0.3 is 12.1 Å². The first-order valence-corrected chi connectivity index (χ1v) is 11.3. The van der Waals surface area contributed by atoms with Crippen molar-refractivity contribution in [1.29, 1.82) is 0 Å². The first kappa shape index (κ1) is 24.7. The minimum Gasteiger partial charge on any atom is -0.480 e. The highest BCUT2D eigenvalue weighted by Crippen LogP contribution is 2.33. The number of alkyl halides is 3. The summed E-state index contributed by atoms with van der Waals surface area (Å²) in [5.41, 5.74) is 2.30. The van der Waals surface area contributed by atoms with Crippen LogP contribution < -0.4 is 4.74 Å². The van der Waals surface area contributed by atoms with Gasteiger partial charge in [-0.15, -0.1) is 11.8 Å². The summed E-state index contributed by atoms with van der Waals surface area (Å²) < 4.78 is 44.6. The molecule has 3 aromatic carbocycles. The first-order valence-electron chi connectivity index (χ1n) is 9.90. The van der Waals surface area contributed by atoms with Crippen molar-refractivity contribution in [3.05, 3.63) is 101 Å². The van der Waals surface area contributed by atoms with Crippen LogP contribution in [0.5, 0.6) is 5.75 Å². The van der Waals surface area contributed by atoms with E-state index in [1.807, 2.05) is 36.4 Å². The summed E-state index contributed by atoms with van der Waals surface area (Å²) in [7, 11) is 0. The molecule has 0 aliphatic carbocycles. The molecule has 0 spiro atoms. The van der Waals surface area contributed by atoms with E-state index in [1.165, 1.54) is 17.8 Å². The van der Waals surface area contributed by atoms with Crippen LogP contribution in [-0.2, 0) is 11.2 Å². The maximum atomic E-state index is 13.2. The molecule has 0 aliphatic rings. The molecule has 8 heteroatoms. The van der Waals surface area contributed by atoms with Crippen LogP contribution in [0.15, 0.2) is 83.8 Å². The lowest BCUT2D eigenvalue weighted by Crippen LogP contribution is -2.13. The van der Waals surface area contributed by atoms with Crippen molar-refractivity contribution >= 4 is 34.9 Å². The van der Waals surface area contributed by atoms with E-state index in [4.69, 9.17) is 21.4 Å². The Labute approximate surface area is 198 Å². The van der Waals surface area contributed by atoms with Crippen molar-refractivity contribution in [2.24, 2.45) is 0 Å². The molecule has 0 atom stereocenters. The highest BCUT2D eigenvalue weighted by Gasteiger charge is 2.29. The minimum absolute atomic E-state index is 0.216. The van der Waals surface area contributed by atoms with E-state index in [1.54, 1.807) is 36.4 Å². The molecule has 3 rings (SSSR count). The molecule has 0 saturated heterocycles. The van der Waals surface area contributed by atoms with E-state index >= 15 is 0 Å². The van der Waals surface area contributed by atoms with Crippen LogP contribution in [0.4, 0.5) is 13.2 Å². The predicted octanol–water partition coefficient (Wildman–Crippen LogP) is 7.13. The maximum Gasteiger partial charge on any atom is 0.393 e. The number of hydrogen-bond acceptors (Lipinski definition) is 3. The first-order chi connectivity index (χ1) is 15.7. The summed E-state index contributed by atoms with van der Waals surface area (Å²) in [6, 6.07) is 20.8. The van der Waals surface area contributed by atoms with Crippen molar-refractivity contribution in [3.63, 3.8) is 0 Å². The van der Waals surface area contributed by atoms with Crippen molar-refractivity contribution in [2.45, 2.75) is 17.5 Å². The standard InChI is InChI=1S/C25H20ClF3O3S/c26-22-14-19(10-11-23(22)32-16-24(30)31)33-13-12-21(17-6-2-1-3-7-17)20-9-5-4-8-18(20)15-25(27,28)29/h1-12,14H,13,15-16H2,(H,30,31). The van der Waals surface area contributed by atoms with Crippen LogP contribution in [0.2, 0.25) is 5.02 Å². The highest BCUT2D eigenvalue weighted by atomic mass is 35.5. The Kier molecular flexibility index (Phi) is 8.47. The van der Waals surface area contributed by atoms with Crippen LogP contribution in [0.1, 0.15) is 16.7 Å². The maximum absolute atomic E-state index is 13.2. The fraction of sp³-hybridized carbons (Fsp3) is 0.160. The second kappa shape index (κ2) is 11.3. The largest absolute Gasteiger partial charge is 0.480 e. The zero-order valence-corrected chi connectivity index (χ0v) is 18.9. The summed E-state index contributed by atoms with van der Waals surface area (Å²) >= 11 is 7.62. The van der Waals surface area contributed by atoms with Gasteiger partial charge in [0.15, 0.2) is 6.61 Å². The summed E-state index contributed by atoms with van der Waals surface area (Å²) in [5, 5.41) is 9.00. The Morgan fingerprint density at radius 2 is 1.73 bits per heavy atom. The quantitative estimate of drug-likeness (QED) is 0.323. The molecule has 3 aromatic rings. The van der Waals surface area contributed by atoms with Crippen molar-refractivity contribution in [1.82, 2.24) is 0 Å². The van der Waals surface area contributed by atoms with Crippen molar-refractivity contribution in [3.8, 4) is 5.75 Å². The molecule has 0 aliphatic heterocycles. The van der Waals surface area contributed by atoms with Gasteiger partial charge in [-0.1, -0.05) is 72.3 Å². The fourth-order valence-electron chi connectivity index (χ4n) is 3.20. The van der Waals surface area contributed by atoms with Gasteiger partial charge < -0.3 is 9.84 Å². The molecule has 0 unspecified atom stereocenters. The normalized spacial score (nSPS) is 11.9. The molecule has 33 heavy (non-hydrogen) atoms. The number of ether oxygens (including phenoxy) is 1. The Morgan fingerprint density at radius 3 is 2.39 bits per heavy atom. The zero-order chi connectivity index (χ0) is 23.8. The molecule has 0 radical (unpaired) electrons. The minimum atomic E-state index is -4.31. The van der Waals surface area contributed by atoms with E-state index in [2.05, 4.69) is 0 Å². The fourth-order valence-corrected chi connectivity index (χ4v) is 4.31. The van der Waals surface area contributed by atoms with E-state index < -0.39 is 25.2 Å². The average Bonchev–Trinajstić information content (AvgIpc) is 2.76. The van der Waals surface area contributed by atoms with Gasteiger partial charge in [-0.3, -0.25) is 0 Å². The number of hydrogen-bond donors (Lipinski definition) is 1. The molecule has 0 aromatic heterocycles. The Bertz CT molecular complexity index is 1130. The van der Waals surface area contributed by atoms with Crippen LogP contribution in [0, 0.1) is 0 Å². The monoisotopic (exact) mass is 492 g/mol. The molecule has 0 heterocycles. The van der Waals surface area contributed by atoms with E-state index in [0.29, 0.717) is 11.3 Å². The van der Waals surface area contributed by atoms with Gasteiger partial charge in [0.05, 0.1) is 11.4 Å². The summed E-state index contributed by atoms with van der Waals surface area (Å²) in [5.74, 6) is -0.352. The molecular weight excluding hydrogens is 473 g/mol. The lowest BCUT2D eigenvalue weighted by atomic mass is 9.92. The lowest BCUT2D eigenvalue weighted by molar-refractivity contribution is -0.139. The van der Waals surface area contributed by atoms with Gasteiger partial charge in [0.1, 0.15) is 5.75 Å². The number of aliphatic carboxylic acids is 1. The molecular formula is C25H20ClF3O3S. The van der Waals surface area contributed by atoms with Crippen LogP contribution in [-0.4, -0.2) is 29.6 Å². The topological polar surface area (TPSA) is 46.5 Å². The van der Waals surface area contributed by atoms with E-state index in [0.717, 1.165) is 16.0 Å². The zero-order valence-electron chi connectivity index (χ0n) is 17.3. The second-order valence-electron chi connectivity index (χ2n) is 7.02. The number of carbonyl (C=O) groups is 1. The second-order valence-corrected chi connectivity index (χ2v) is 8.52. The lowest BCUT2D eigenvalue weighted by Gasteiger charge is -2.15. The SMILES string of the molecule is O=C(O)COc1ccc(SCC=C(c2ccccc2)c2ccccc2CC(F)(F)F)cc1Cl. The van der Waals surface area contributed by atoms with Crippen LogP contribution in [0.25, 0.3) is 5.57 Å². The number of benzene rings is 3. The third-order valence-electron chi connectivity index (χ3n) is 4.58. The van der Waals surface area contributed by atoms with Crippen LogP contribution >= 0.6 is 23.4 Å². The molecule has 0 saturated carbocycles. The highest BCUT2D eigenvalue weighted by molar-refractivity contribution is 7.99. The van der Waals surface area contributed by atoms with Crippen molar-refractivity contribution < 1.29 is 27.8 Å². The predicted molar refractivity (Wildman–Crippen MR) is 125 cm³/mol. The van der Waals surface area contributed by atoms with Gasteiger partial charge in [-0.05, 0) is 40.5 Å². The van der Waals surface area contributed by atoms with Crippen molar-refractivity contribution in [2.75, 3.05) is 12.4 Å². The molecule has 3 nitrogen and oxygen atoms in total. The van der Waals surface area contributed by atoms with Gasteiger partial charge in [-0.25, -0.2) is 4.79 Å². The van der Waals surface area contributed by atoms with Gasteiger partial charge in [0.2, 0.25) is 0 Å². The van der Waals surface area contributed by atoms with E-state index in [-0.39, 0.29) is 16.3 Å². The number of halogens is 4. The molecule has 172 valence electrons. The molecule has 0 bridgehead atoms. The molecule has 1 N–H and O–H groups in total. The summed E-state index contributed by atoms with van der Waals surface area (Å²) in [6.07, 6.45) is -3.42. The Balaban J connectivity index is 1.85. The van der Waals surface area contributed by atoms with Gasteiger partial charge in [0.25, 0.3) is 0 Å². The number of thioether (sulfide) groups is 1. The Morgan fingerprint density at radius 1 is 1.03 bits per heavy atom. The smallest absolute Gasteiger partial charge is 0.393 e. The third-order valence-corrected chi connectivity index (χ3v) is 5.79. The number of carboxylic acid groups (broad SMARTS) is 1. The number of carboxylic acids is 1. The molecule has 0 fully saturated rings. The van der Waals surface area contributed by atoms with Gasteiger partial charge in [-0.2, -0.15) is 13.2 Å². The number of rotatable bonds is 9. The van der Waals surface area contributed by atoms with Crippen LogP contribution in [0.3, 0.4) is 0 Å². The average molecular weight is 493 g/mol.